The predicted octanol–water partition coefficient (Wildman–Crippen LogP) is 3.64. The van der Waals surface area contributed by atoms with Crippen molar-refractivity contribution in [3.8, 4) is 17.2 Å². The Balaban J connectivity index is 1.74. The molecule has 2 atom stereocenters. The van der Waals surface area contributed by atoms with Crippen LogP contribution in [0.5, 0.6) is 17.2 Å². The van der Waals surface area contributed by atoms with Crippen molar-refractivity contribution >= 4 is 11.6 Å². The number of carbonyl (C=O) groups is 1. The summed E-state index contributed by atoms with van der Waals surface area (Å²) in [6, 6.07) is 14.7. The molecule has 0 saturated heterocycles. The number of amides is 1. The molecular formula is C19H21NO4. The van der Waals surface area contributed by atoms with Gasteiger partial charge in [0, 0.05) is 0 Å². The molecule has 1 aliphatic rings. The average molecular weight is 327 g/mol. The molecule has 2 unspecified atom stereocenters. The van der Waals surface area contributed by atoms with Crippen molar-refractivity contribution in [3.63, 3.8) is 0 Å². The van der Waals surface area contributed by atoms with Crippen LogP contribution in [0, 0.1) is 0 Å². The van der Waals surface area contributed by atoms with Crippen LogP contribution in [-0.2, 0) is 4.79 Å². The van der Waals surface area contributed by atoms with E-state index in [1.807, 2.05) is 56.3 Å². The quantitative estimate of drug-likeness (QED) is 0.911. The molecule has 2 aromatic carbocycles. The van der Waals surface area contributed by atoms with Crippen LogP contribution in [0.2, 0.25) is 0 Å². The van der Waals surface area contributed by atoms with Crippen molar-refractivity contribution in [2.75, 3.05) is 11.9 Å². The van der Waals surface area contributed by atoms with Crippen molar-refractivity contribution in [2.24, 2.45) is 0 Å². The van der Waals surface area contributed by atoms with Gasteiger partial charge in [-0.1, -0.05) is 31.2 Å². The molecule has 1 heterocycles. The van der Waals surface area contributed by atoms with Crippen molar-refractivity contribution in [1.29, 1.82) is 0 Å². The molecule has 3 rings (SSSR count). The van der Waals surface area contributed by atoms with E-state index >= 15 is 0 Å². The number of ether oxygens (including phenoxy) is 3. The number of anilines is 1. The number of hydrogen-bond donors (Lipinski definition) is 1. The Labute approximate surface area is 141 Å². The number of rotatable bonds is 5. The molecule has 24 heavy (non-hydrogen) atoms. The van der Waals surface area contributed by atoms with Crippen LogP contribution in [-0.4, -0.2) is 24.7 Å². The van der Waals surface area contributed by atoms with Crippen LogP contribution in [0.1, 0.15) is 20.3 Å². The highest BCUT2D eigenvalue weighted by molar-refractivity contribution is 5.96. The van der Waals surface area contributed by atoms with E-state index in [2.05, 4.69) is 5.32 Å². The maximum Gasteiger partial charge on any atom is 0.269 e. The van der Waals surface area contributed by atoms with Crippen molar-refractivity contribution in [3.05, 3.63) is 48.5 Å². The van der Waals surface area contributed by atoms with Crippen LogP contribution in [0.3, 0.4) is 0 Å². The van der Waals surface area contributed by atoms with Gasteiger partial charge in [0.15, 0.2) is 11.5 Å². The standard InChI is InChI=1S/C19H21NO4/c1-3-12-22-15-9-5-4-8-14(15)20-19(21)18-13(2)23-16-10-6-7-11-17(16)24-18/h4-11,13,18H,3,12H2,1-2H3,(H,20,21). The van der Waals surface area contributed by atoms with E-state index in [0.717, 1.165) is 6.42 Å². The zero-order valence-corrected chi connectivity index (χ0v) is 13.8. The lowest BCUT2D eigenvalue weighted by atomic mass is 10.1. The van der Waals surface area contributed by atoms with Gasteiger partial charge in [-0.05, 0) is 37.6 Å². The number of fused-ring (bicyclic) bond motifs is 1. The van der Waals surface area contributed by atoms with Gasteiger partial charge in [-0.2, -0.15) is 0 Å². The fourth-order valence-electron chi connectivity index (χ4n) is 2.52. The van der Waals surface area contributed by atoms with Crippen LogP contribution >= 0.6 is 0 Å². The zero-order chi connectivity index (χ0) is 16.9. The Hall–Kier alpha value is -2.69. The Morgan fingerprint density at radius 1 is 1.08 bits per heavy atom. The van der Waals surface area contributed by atoms with Crippen molar-refractivity contribution < 1.29 is 19.0 Å². The molecule has 5 heteroatoms. The molecule has 0 radical (unpaired) electrons. The molecule has 1 N–H and O–H groups in total. The summed E-state index contributed by atoms with van der Waals surface area (Å²) in [6.45, 7) is 4.45. The second kappa shape index (κ2) is 7.25. The number of hydrogen-bond acceptors (Lipinski definition) is 4. The molecule has 2 aromatic rings. The van der Waals surface area contributed by atoms with E-state index < -0.39 is 6.10 Å². The van der Waals surface area contributed by atoms with Crippen molar-refractivity contribution in [1.82, 2.24) is 0 Å². The van der Waals surface area contributed by atoms with E-state index in [9.17, 15) is 4.79 Å². The first-order valence-electron chi connectivity index (χ1n) is 8.14. The lowest BCUT2D eigenvalue weighted by Crippen LogP contribution is -2.46. The largest absolute Gasteiger partial charge is 0.491 e. The number of benzene rings is 2. The average Bonchev–Trinajstić information content (AvgIpc) is 2.60. The summed E-state index contributed by atoms with van der Waals surface area (Å²) in [5.41, 5.74) is 0.630. The molecule has 0 aliphatic carbocycles. The second-order valence-electron chi connectivity index (χ2n) is 5.64. The summed E-state index contributed by atoms with van der Waals surface area (Å²) in [6.07, 6.45) is -0.210. The van der Waals surface area contributed by atoms with E-state index in [1.165, 1.54) is 0 Å². The van der Waals surface area contributed by atoms with E-state index in [0.29, 0.717) is 29.5 Å². The van der Waals surface area contributed by atoms with Gasteiger partial charge in [-0.15, -0.1) is 0 Å². The first-order chi connectivity index (χ1) is 11.7. The van der Waals surface area contributed by atoms with Crippen LogP contribution in [0.15, 0.2) is 48.5 Å². The summed E-state index contributed by atoms with van der Waals surface area (Å²) >= 11 is 0. The Morgan fingerprint density at radius 2 is 1.75 bits per heavy atom. The Kier molecular flexibility index (Phi) is 4.89. The molecule has 5 nitrogen and oxygen atoms in total. The Morgan fingerprint density at radius 3 is 2.50 bits per heavy atom. The predicted molar refractivity (Wildman–Crippen MR) is 91.8 cm³/mol. The highest BCUT2D eigenvalue weighted by Crippen LogP contribution is 2.34. The smallest absolute Gasteiger partial charge is 0.269 e. The first kappa shape index (κ1) is 16.2. The van der Waals surface area contributed by atoms with Gasteiger partial charge in [0.2, 0.25) is 6.10 Å². The van der Waals surface area contributed by atoms with Crippen LogP contribution < -0.4 is 19.5 Å². The van der Waals surface area contributed by atoms with Gasteiger partial charge in [0.05, 0.1) is 12.3 Å². The third kappa shape index (κ3) is 3.45. The van der Waals surface area contributed by atoms with Crippen LogP contribution in [0.4, 0.5) is 5.69 Å². The monoisotopic (exact) mass is 327 g/mol. The molecular weight excluding hydrogens is 306 g/mol. The number of nitrogens with one attached hydrogen (secondary N) is 1. The zero-order valence-electron chi connectivity index (χ0n) is 13.8. The summed E-state index contributed by atoms with van der Waals surface area (Å²) < 4.78 is 17.3. The highest BCUT2D eigenvalue weighted by Gasteiger charge is 2.34. The topological polar surface area (TPSA) is 56.8 Å². The molecule has 1 amide bonds. The maximum atomic E-state index is 12.6. The summed E-state index contributed by atoms with van der Waals surface area (Å²) in [4.78, 5) is 12.6. The van der Waals surface area contributed by atoms with Gasteiger partial charge in [0.25, 0.3) is 5.91 Å². The highest BCUT2D eigenvalue weighted by atomic mass is 16.6. The SMILES string of the molecule is CCCOc1ccccc1NC(=O)C1Oc2ccccc2OC1C. The molecule has 126 valence electrons. The lowest BCUT2D eigenvalue weighted by Gasteiger charge is -2.31. The molecule has 0 saturated carbocycles. The fourth-order valence-corrected chi connectivity index (χ4v) is 2.52. The maximum absolute atomic E-state index is 12.6. The number of carbonyl (C=O) groups excluding carboxylic acids is 1. The van der Waals surface area contributed by atoms with Crippen LogP contribution in [0.25, 0.3) is 0 Å². The van der Waals surface area contributed by atoms with E-state index in [-0.39, 0.29) is 12.0 Å². The second-order valence-corrected chi connectivity index (χ2v) is 5.64. The first-order valence-corrected chi connectivity index (χ1v) is 8.14. The Bertz CT molecular complexity index is 716. The molecule has 0 fully saturated rings. The summed E-state index contributed by atoms with van der Waals surface area (Å²) in [5, 5.41) is 2.88. The van der Waals surface area contributed by atoms with Gasteiger partial charge >= 0.3 is 0 Å². The van der Waals surface area contributed by atoms with E-state index in [1.54, 1.807) is 6.07 Å². The third-order valence-corrected chi connectivity index (χ3v) is 3.71. The molecule has 0 bridgehead atoms. The minimum absolute atomic E-state index is 0.260. The number of para-hydroxylation sites is 4. The lowest BCUT2D eigenvalue weighted by molar-refractivity contribution is -0.128. The van der Waals surface area contributed by atoms with Gasteiger partial charge in [-0.25, -0.2) is 0 Å². The normalized spacial score (nSPS) is 18.8. The van der Waals surface area contributed by atoms with Gasteiger partial charge < -0.3 is 19.5 Å². The molecule has 1 aliphatic heterocycles. The van der Waals surface area contributed by atoms with E-state index in [4.69, 9.17) is 14.2 Å². The molecule has 0 spiro atoms. The fraction of sp³-hybridized carbons (Fsp3) is 0.316. The summed E-state index contributed by atoms with van der Waals surface area (Å²) in [5.74, 6) is 1.62. The molecule has 0 aromatic heterocycles. The summed E-state index contributed by atoms with van der Waals surface area (Å²) in [7, 11) is 0. The van der Waals surface area contributed by atoms with Crippen molar-refractivity contribution in [2.45, 2.75) is 32.5 Å². The van der Waals surface area contributed by atoms with Gasteiger partial charge in [0.1, 0.15) is 11.9 Å². The minimum Gasteiger partial charge on any atom is -0.491 e. The van der Waals surface area contributed by atoms with Gasteiger partial charge in [-0.3, -0.25) is 4.79 Å². The minimum atomic E-state index is -0.723. The third-order valence-electron chi connectivity index (χ3n) is 3.71.